The lowest BCUT2D eigenvalue weighted by Crippen LogP contribution is -2.42. The minimum absolute atomic E-state index is 0.612. The van der Waals surface area contributed by atoms with Gasteiger partial charge in [0.15, 0.2) is 0 Å². The van der Waals surface area contributed by atoms with Crippen LogP contribution in [0.4, 0.5) is 0 Å². The summed E-state index contributed by atoms with van der Waals surface area (Å²) in [5, 5.41) is 3.72. The predicted molar refractivity (Wildman–Crippen MR) is 72.1 cm³/mol. The molecule has 0 aromatic heterocycles. The summed E-state index contributed by atoms with van der Waals surface area (Å²) in [7, 11) is 0. The van der Waals surface area contributed by atoms with Gasteiger partial charge < -0.3 is 5.32 Å². The Morgan fingerprint density at radius 3 is 2.53 bits per heavy atom. The van der Waals surface area contributed by atoms with E-state index in [2.05, 4.69) is 24.1 Å². The minimum Gasteiger partial charge on any atom is -0.312 e. The first-order chi connectivity index (χ1) is 8.14. The van der Waals surface area contributed by atoms with Gasteiger partial charge in [0, 0.05) is 25.2 Å². The van der Waals surface area contributed by atoms with Gasteiger partial charge in [0.25, 0.3) is 0 Å². The van der Waals surface area contributed by atoms with E-state index in [0.29, 0.717) is 5.41 Å². The van der Waals surface area contributed by atoms with Crippen molar-refractivity contribution in [3.8, 4) is 0 Å². The van der Waals surface area contributed by atoms with Crippen molar-refractivity contribution in [1.29, 1.82) is 0 Å². The standard InChI is InChI=1S/C15H28N2/c1-15(2)7-5-13(6-8-15)17-10-12-4-3-9-16-14(12)11-17/h12-14,16H,3-11H2,1-2H3/t12-,14+/m0/s1. The molecule has 0 aromatic rings. The topological polar surface area (TPSA) is 15.3 Å². The summed E-state index contributed by atoms with van der Waals surface area (Å²) in [5.74, 6) is 0.957. The summed E-state index contributed by atoms with van der Waals surface area (Å²) >= 11 is 0. The Morgan fingerprint density at radius 2 is 1.82 bits per heavy atom. The molecule has 2 nitrogen and oxygen atoms in total. The summed E-state index contributed by atoms with van der Waals surface area (Å²) in [6.45, 7) is 8.84. The van der Waals surface area contributed by atoms with Crippen molar-refractivity contribution in [1.82, 2.24) is 10.2 Å². The van der Waals surface area contributed by atoms with Gasteiger partial charge in [-0.05, 0) is 56.4 Å². The van der Waals surface area contributed by atoms with Gasteiger partial charge in [-0.2, -0.15) is 0 Å². The third-order valence-electron chi connectivity index (χ3n) is 5.45. The predicted octanol–water partition coefficient (Wildman–Crippen LogP) is 2.64. The van der Waals surface area contributed by atoms with Crippen LogP contribution >= 0.6 is 0 Å². The smallest absolute Gasteiger partial charge is 0.0235 e. The number of fused-ring (bicyclic) bond motifs is 1. The molecule has 3 fully saturated rings. The van der Waals surface area contributed by atoms with Gasteiger partial charge in [0.1, 0.15) is 0 Å². The van der Waals surface area contributed by atoms with E-state index in [4.69, 9.17) is 0 Å². The first-order valence-electron chi connectivity index (χ1n) is 7.61. The highest BCUT2D eigenvalue weighted by Crippen LogP contribution is 2.38. The molecule has 0 aromatic carbocycles. The van der Waals surface area contributed by atoms with Gasteiger partial charge in [-0.3, -0.25) is 4.90 Å². The van der Waals surface area contributed by atoms with E-state index in [9.17, 15) is 0 Å². The fourth-order valence-corrected chi connectivity index (χ4v) is 4.13. The van der Waals surface area contributed by atoms with E-state index < -0.39 is 0 Å². The molecular weight excluding hydrogens is 208 g/mol. The zero-order valence-electron chi connectivity index (χ0n) is 11.5. The number of nitrogens with one attached hydrogen (secondary N) is 1. The van der Waals surface area contributed by atoms with Gasteiger partial charge in [0.2, 0.25) is 0 Å². The van der Waals surface area contributed by atoms with Crippen LogP contribution in [0.15, 0.2) is 0 Å². The van der Waals surface area contributed by atoms with E-state index in [1.54, 1.807) is 0 Å². The van der Waals surface area contributed by atoms with Crippen molar-refractivity contribution in [3.63, 3.8) is 0 Å². The molecule has 17 heavy (non-hydrogen) atoms. The molecule has 0 radical (unpaired) electrons. The maximum atomic E-state index is 3.72. The molecule has 1 saturated carbocycles. The van der Waals surface area contributed by atoms with E-state index in [0.717, 1.165) is 18.0 Å². The molecule has 98 valence electrons. The summed E-state index contributed by atoms with van der Waals surface area (Å²) in [6.07, 6.45) is 8.59. The lowest BCUT2D eigenvalue weighted by atomic mass is 9.75. The Hall–Kier alpha value is -0.0800. The summed E-state index contributed by atoms with van der Waals surface area (Å²) in [6, 6.07) is 1.72. The average Bonchev–Trinajstić information content (AvgIpc) is 2.72. The second-order valence-electron chi connectivity index (χ2n) is 7.31. The molecule has 2 aliphatic heterocycles. The van der Waals surface area contributed by atoms with Crippen LogP contribution in [0.3, 0.4) is 0 Å². The maximum absolute atomic E-state index is 3.72. The number of rotatable bonds is 1. The normalized spacial score (nSPS) is 39.2. The molecule has 2 heteroatoms. The molecule has 0 amide bonds. The van der Waals surface area contributed by atoms with Gasteiger partial charge >= 0.3 is 0 Å². The van der Waals surface area contributed by atoms with Crippen molar-refractivity contribution in [2.24, 2.45) is 11.3 Å². The number of piperidine rings is 1. The molecular formula is C15H28N2. The van der Waals surface area contributed by atoms with Crippen LogP contribution in [0.5, 0.6) is 0 Å². The van der Waals surface area contributed by atoms with E-state index >= 15 is 0 Å². The van der Waals surface area contributed by atoms with Crippen molar-refractivity contribution in [2.75, 3.05) is 19.6 Å². The highest BCUT2D eigenvalue weighted by molar-refractivity contribution is 4.95. The monoisotopic (exact) mass is 236 g/mol. The first-order valence-corrected chi connectivity index (χ1v) is 7.61. The molecule has 0 spiro atoms. The fourth-order valence-electron chi connectivity index (χ4n) is 4.13. The Labute approximate surface area is 106 Å². The second kappa shape index (κ2) is 4.55. The van der Waals surface area contributed by atoms with Crippen LogP contribution < -0.4 is 5.32 Å². The molecule has 2 heterocycles. The molecule has 1 N–H and O–H groups in total. The SMILES string of the molecule is CC1(C)CCC(N2C[C@@H]3CCCN[C@@H]3C2)CC1. The van der Waals surface area contributed by atoms with Gasteiger partial charge in [-0.25, -0.2) is 0 Å². The lowest BCUT2D eigenvalue weighted by Gasteiger charge is -2.38. The van der Waals surface area contributed by atoms with Crippen LogP contribution in [0.2, 0.25) is 0 Å². The summed E-state index contributed by atoms with van der Waals surface area (Å²) < 4.78 is 0. The quantitative estimate of drug-likeness (QED) is 0.753. The molecule has 2 atom stereocenters. The van der Waals surface area contributed by atoms with Crippen molar-refractivity contribution in [3.05, 3.63) is 0 Å². The number of hydrogen-bond donors (Lipinski definition) is 1. The largest absolute Gasteiger partial charge is 0.312 e. The number of likely N-dealkylation sites (tertiary alicyclic amines) is 1. The summed E-state index contributed by atoms with van der Waals surface area (Å²) in [4.78, 5) is 2.81. The van der Waals surface area contributed by atoms with Crippen molar-refractivity contribution >= 4 is 0 Å². The lowest BCUT2D eigenvalue weighted by molar-refractivity contribution is 0.123. The van der Waals surface area contributed by atoms with Crippen LogP contribution in [-0.4, -0.2) is 36.6 Å². The first kappa shape index (κ1) is 12.0. The van der Waals surface area contributed by atoms with Crippen LogP contribution in [0.1, 0.15) is 52.4 Å². The number of hydrogen-bond acceptors (Lipinski definition) is 2. The van der Waals surface area contributed by atoms with Crippen molar-refractivity contribution in [2.45, 2.75) is 64.5 Å². The molecule has 2 saturated heterocycles. The third kappa shape index (κ3) is 2.53. The van der Waals surface area contributed by atoms with Crippen LogP contribution in [-0.2, 0) is 0 Å². The molecule has 3 aliphatic rings. The molecule has 0 bridgehead atoms. The molecule has 0 unspecified atom stereocenters. The Bertz CT molecular complexity index is 250. The Kier molecular flexibility index (Phi) is 3.20. The number of nitrogens with zero attached hydrogens (tertiary/aromatic N) is 1. The highest BCUT2D eigenvalue weighted by atomic mass is 15.2. The zero-order valence-corrected chi connectivity index (χ0v) is 11.5. The van der Waals surface area contributed by atoms with Crippen molar-refractivity contribution < 1.29 is 0 Å². The van der Waals surface area contributed by atoms with E-state index in [-0.39, 0.29) is 0 Å². The highest BCUT2D eigenvalue weighted by Gasteiger charge is 2.39. The second-order valence-corrected chi connectivity index (χ2v) is 7.31. The summed E-state index contributed by atoms with van der Waals surface area (Å²) in [5.41, 5.74) is 0.612. The Balaban J connectivity index is 1.56. The third-order valence-corrected chi connectivity index (χ3v) is 5.45. The Morgan fingerprint density at radius 1 is 1.06 bits per heavy atom. The average molecular weight is 236 g/mol. The van der Waals surface area contributed by atoms with Gasteiger partial charge in [0.05, 0.1) is 0 Å². The van der Waals surface area contributed by atoms with Crippen LogP contribution in [0, 0.1) is 11.3 Å². The van der Waals surface area contributed by atoms with E-state index in [1.165, 1.54) is 58.2 Å². The van der Waals surface area contributed by atoms with Gasteiger partial charge in [-0.1, -0.05) is 13.8 Å². The van der Waals surface area contributed by atoms with Gasteiger partial charge in [-0.15, -0.1) is 0 Å². The maximum Gasteiger partial charge on any atom is 0.0235 e. The fraction of sp³-hybridized carbons (Fsp3) is 1.00. The molecule has 1 aliphatic carbocycles. The zero-order chi connectivity index (χ0) is 11.9. The molecule has 3 rings (SSSR count). The van der Waals surface area contributed by atoms with E-state index in [1.807, 2.05) is 0 Å². The minimum atomic E-state index is 0.612. The van der Waals surface area contributed by atoms with Crippen LogP contribution in [0.25, 0.3) is 0 Å².